The fraction of sp³-hybridized carbons (Fsp3) is 0.200. The standard InChI is InChI=1S/C15H16FNO2S/c1-12-2-4-13(5-3-12)10-17-20(18,19)11-14-6-8-15(16)9-7-14/h2-9,17H,10-11H2,1H3. The highest BCUT2D eigenvalue weighted by Gasteiger charge is 2.11. The lowest BCUT2D eigenvalue weighted by Crippen LogP contribution is -2.24. The Morgan fingerprint density at radius 2 is 1.50 bits per heavy atom. The predicted octanol–water partition coefficient (Wildman–Crippen LogP) is 2.75. The van der Waals surface area contributed by atoms with E-state index in [0.29, 0.717) is 5.56 Å². The Bertz CT molecular complexity index is 664. The fourth-order valence-electron chi connectivity index (χ4n) is 1.75. The number of hydrogen-bond acceptors (Lipinski definition) is 2. The van der Waals surface area contributed by atoms with Crippen molar-refractivity contribution in [3.8, 4) is 0 Å². The number of sulfonamides is 1. The van der Waals surface area contributed by atoms with Crippen LogP contribution in [0.5, 0.6) is 0 Å². The van der Waals surface area contributed by atoms with Crippen LogP contribution in [0.3, 0.4) is 0 Å². The highest BCUT2D eigenvalue weighted by Crippen LogP contribution is 2.08. The molecule has 0 aliphatic heterocycles. The average Bonchev–Trinajstić information content (AvgIpc) is 2.41. The zero-order valence-electron chi connectivity index (χ0n) is 11.1. The summed E-state index contributed by atoms with van der Waals surface area (Å²) in [6.07, 6.45) is 0. The molecule has 0 fully saturated rings. The van der Waals surface area contributed by atoms with E-state index in [1.54, 1.807) is 0 Å². The van der Waals surface area contributed by atoms with Crippen LogP contribution in [-0.2, 0) is 22.3 Å². The van der Waals surface area contributed by atoms with E-state index < -0.39 is 10.0 Å². The Labute approximate surface area is 118 Å². The first kappa shape index (κ1) is 14.7. The molecule has 0 saturated heterocycles. The van der Waals surface area contributed by atoms with E-state index in [1.165, 1.54) is 24.3 Å². The van der Waals surface area contributed by atoms with Crippen LogP contribution in [0.1, 0.15) is 16.7 Å². The van der Waals surface area contributed by atoms with Gasteiger partial charge in [0, 0.05) is 6.54 Å². The van der Waals surface area contributed by atoms with Gasteiger partial charge < -0.3 is 0 Å². The number of aryl methyl sites for hydroxylation is 1. The van der Waals surface area contributed by atoms with E-state index >= 15 is 0 Å². The van der Waals surface area contributed by atoms with Crippen LogP contribution in [0.4, 0.5) is 4.39 Å². The number of benzene rings is 2. The maximum absolute atomic E-state index is 12.8. The van der Waals surface area contributed by atoms with Gasteiger partial charge in [-0.2, -0.15) is 0 Å². The Kier molecular flexibility index (Phi) is 4.52. The molecule has 0 amide bonds. The van der Waals surface area contributed by atoms with Crippen LogP contribution in [-0.4, -0.2) is 8.42 Å². The molecule has 0 aliphatic rings. The molecule has 0 radical (unpaired) electrons. The molecule has 5 heteroatoms. The smallest absolute Gasteiger partial charge is 0.212 e. The second-order valence-corrected chi connectivity index (χ2v) is 6.50. The van der Waals surface area contributed by atoms with Crippen molar-refractivity contribution in [3.63, 3.8) is 0 Å². The van der Waals surface area contributed by atoms with E-state index in [0.717, 1.165) is 11.1 Å². The van der Waals surface area contributed by atoms with Crippen LogP contribution in [0.15, 0.2) is 48.5 Å². The maximum Gasteiger partial charge on any atom is 0.216 e. The molecule has 0 saturated carbocycles. The van der Waals surface area contributed by atoms with Crippen molar-refractivity contribution in [2.24, 2.45) is 0 Å². The SMILES string of the molecule is Cc1ccc(CNS(=O)(=O)Cc2ccc(F)cc2)cc1. The largest absolute Gasteiger partial charge is 0.216 e. The molecule has 2 aromatic carbocycles. The molecule has 2 aromatic rings. The van der Waals surface area contributed by atoms with Gasteiger partial charge in [-0.05, 0) is 30.2 Å². The van der Waals surface area contributed by atoms with E-state index in [9.17, 15) is 12.8 Å². The summed E-state index contributed by atoms with van der Waals surface area (Å²) < 4.78 is 39.1. The lowest BCUT2D eigenvalue weighted by molar-refractivity contribution is 0.580. The average molecular weight is 293 g/mol. The van der Waals surface area contributed by atoms with Crippen molar-refractivity contribution < 1.29 is 12.8 Å². The second-order valence-electron chi connectivity index (χ2n) is 4.69. The van der Waals surface area contributed by atoms with E-state index in [4.69, 9.17) is 0 Å². The van der Waals surface area contributed by atoms with E-state index in [1.807, 2.05) is 31.2 Å². The summed E-state index contributed by atoms with van der Waals surface area (Å²) in [4.78, 5) is 0. The molecule has 1 N–H and O–H groups in total. The quantitative estimate of drug-likeness (QED) is 0.921. The Morgan fingerprint density at radius 3 is 2.10 bits per heavy atom. The van der Waals surface area contributed by atoms with Crippen LogP contribution in [0.2, 0.25) is 0 Å². The molecule has 0 atom stereocenters. The van der Waals surface area contributed by atoms with Crippen LogP contribution in [0, 0.1) is 12.7 Å². The molecular weight excluding hydrogens is 277 g/mol. The fourth-order valence-corrected chi connectivity index (χ4v) is 2.87. The molecule has 106 valence electrons. The molecule has 0 spiro atoms. The predicted molar refractivity (Wildman–Crippen MR) is 77.0 cm³/mol. The molecule has 0 aromatic heterocycles. The van der Waals surface area contributed by atoms with Gasteiger partial charge in [0.05, 0.1) is 5.75 Å². The van der Waals surface area contributed by atoms with Crippen molar-refractivity contribution in [1.29, 1.82) is 0 Å². The number of halogens is 1. The third kappa shape index (κ3) is 4.43. The van der Waals surface area contributed by atoms with Gasteiger partial charge in [0.15, 0.2) is 0 Å². The van der Waals surface area contributed by atoms with Crippen molar-refractivity contribution in [1.82, 2.24) is 4.72 Å². The zero-order chi connectivity index (χ0) is 14.6. The van der Waals surface area contributed by atoms with Gasteiger partial charge in [0.2, 0.25) is 10.0 Å². The third-order valence-electron chi connectivity index (χ3n) is 2.89. The molecule has 0 bridgehead atoms. The Morgan fingerprint density at radius 1 is 0.950 bits per heavy atom. The summed E-state index contributed by atoms with van der Waals surface area (Å²) in [5.41, 5.74) is 2.59. The maximum atomic E-state index is 12.8. The molecular formula is C15H16FNO2S. The molecule has 2 rings (SSSR count). The normalized spacial score (nSPS) is 11.5. The van der Waals surface area contributed by atoms with Crippen molar-refractivity contribution in [3.05, 3.63) is 71.0 Å². The van der Waals surface area contributed by atoms with Crippen LogP contribution in [0.25, 0.3) is 0 Å². The van der Waals surface area contributed by atoms with Crippen LogP contribution < -0.4 is 4.72 Å². The molecule has 0 heterocycles. The monoisotopic (exact) mass is 293 g/mol. The first-order valence-corrected chi connectivity index (χ1v) is 7.87. The van der Waals surface area contributed by atoms with Crippen molar-refractivity contribution in [2.45, 2.75) is 19.2 Å². The minimum Gasteiger partial charge on any atom is -0.212 e. The third-order valence-corrected chi connectivity index (χ3v) is 4.18. The zero-order valence-corrected chi connectivity index (χ0v) is 12.0. The second kappa shape index (κ2) is 6.15. The number of hydrogen-bond donors (Lipinski definition) is 1. The van der Waals surface area contributed by atoms with Gasteiger partial charge in [0.1, 0.15) is 5.82 Å². The Hall–Kier alpha value is -1.72. The first-order chi connectivity index (χ1) is 9.44. The first-order valence-electron chi connectivity index (χ1n) is 6.22. The van der Waals surface area contributed by atoms with Gasteiger partial charge in [-0.25, -0.2) is 17.5 Å². The molecule has 3 nitrogen and oxygen atoms in total. The summed E-state index contributed by atoms with van der Waals surface area (Å²) in [6, 6.07) is 13.1. The molecule has 20 heavy (non-hydrogen) atoms. The summed E-state index contributed by atoms with van der Waals surface area (Å²) in [6.45, 7) is 2.23. The van der Waals surface area contributed by atoms with Crippen molar-refractivity contribution >= 4 is 10.0 Å². The highest BCUT2D eigenvalue weighted by atomic mass is 32.2. The molecule has 0 unspecified atom stereocenters. The molecule has 0 aliphatic carbocycles. The Balaban J connectivity index is 1.97. The lowest BCUT2D eigenvalue weighted by Gasteiger charge is -2.07. The summed E-state index contributed by atoms with van der Waals surface area (Å²) >= 11 is 0. The minimum absolute atomic E-state index is 0.154. The minimum atomic E-state index is -3.43. The highest BCUT2D eigenvalue weighted by molar-refractivity contribution is 7.88. The summed E-state index contributed by atoms with van der Waals surface area (Å²) in [5.74, 6) is -0.530. The topological polar surface area (TPSA) is 46.2 Å². The van der Waals surface area contributed by atoms with E-state index in [-0.39, 0.29) is 18.1 Å². The van der Waals surface area contributed by atoms with Gasteiger partial charge >= 0.3 is 0 Å². The van der Waals surface area contributed by atoms with Crippen LogP contribution >= 0.6 is 0 Å². The van der Waals surface area contributed by atoms with Crippen molar-refractivity contribution in [2.75, 3.05) is 0 Å². The van der Waals surface area contributed by atoms with E-state index in [2.05, 4.69) is 4.72 Å². The van der Waals surface area contributed by atoms with Gasteiger partial charge in [-0.15, -0.1) is 0 Å². The summed E-state index contributed by atoms with van der Waals surface area (Å²) in [5, 5.41) is 0. The van der Waals surface area contributed by atoms with Gasteiger partial charge in [-0.3, -0.25) is 0 Å². The summed E-state index contributed by atoms with van der Waals surface area (Å²) in [7, 11) is -3.43. The lowest BCUT2D eigenvalue weighted by atomic mass is 10.2. The number of rotatable bonds is 5. The van der Waals surface area contributed by atoms with Gasteiger partial charge in [0.25, 0.3) is 0 Å². The number of nitrogens with one attached hydrogen (secondary N) is 1. The van der Waals surface area contributed by atoms with Gasteiger partial charge in [-0.1, -0.05) is 42.0 Å².